The number of nitrogens with zero attached hydrogens (tertiary/aromatic N) is 3. The Hall–Kier alpha value is -3.54. The molecule has 0 saturated carbocycles. The predicted molar refractivity (Wildman–Crippen MR) is 216 cm³/mol. The number of benzene rings is 1. The normalized spacial score (nSPS) is 21.0. The molecule has 2 heterocycles. The van der Waals surface area contributed by atoms with Crippen LogP contribution in [0.2, 0.25) is 0 Å². The van der Waals surface area contributed by atoms with Crippen LogP contribution >= 0.6 is 7.82 Å². The van der Waals surface area contributed by atoms with Gasteiger partial charge in [-0.2, -0.15) is 10.5 Å². The first kappa shape index (κ1) is 48.8. The lowest BCUT2D eigenvalue weighted by Crippen LogP contribution is -2.45. The topological polar surface area (TPSA) is 250 Å². The number of nitrogens with one attached hydrogen (secondary N) is 2. The molecule has 322 valence electrons. The number of hydrogen-bond donors (Lipinski definition) is 6. The molecule has 15 nitrogen and oxygen atoms in total. The van der Waals surface area contributed by atoms with E-state index >= 15 is 0 Å². The molecule has 6 atom stereocenters. The zero-order valence-electron chi connectivity index (χ0n) is 33.7. The van der Waals surface area contributed by atoms with E-state index < -0.39 is 56.9 Å². The van der Waals surface area contributed by atoms with Crippen molar-refractivity contribution in [1.82, 2.24) is 4.98 Å². The zero-order chi connectivity index (χ0) is 42.2. The third-order valence-corrected chi connectivity index (χ3v) is 11.0. The molecule has 0 amide bonds. The highest BCUT2D eigenvalue weighted by Crippen LogP contribution is 2.47. The van der Waals surface area contributed by atoms with Crippen LogP contribution in [0.1, 0.15) is 138 Å². The van der Waals surface area contributed by atoms with Crippen molar-refractivity contribution >= 4 is 20.0 Å². The fraction of sp³-hybridized carbons (Fsp3) is 0.659. The lowest BCUT2D eigenvalue weighted by atomic mass is 9.96. The second kappa shape index (κ2) is 26.5. The van der Waals surface area contributed by atoms with Crippen LogP contribution in [0.25, 0.3) is 0 Å². The van der Waals surface area contributed by atoms with Gasteiger partial charge in [-0.1, -0.05) is 115 Å². The van der Waals surface area contributed by atoms with Crippen LogP contribution in [0, 0.1) is 33.9 Å². The highest BCUT2D eigenvalue weighted by atomic mass is 31.2. The third-order valence-electron chi connectivity index (χ3n) is 10.1. The summed E-state index contributed by atoms with van der Waals surface area (Å²) >= 11 is 0. The lowest BCUT2D eigenvalue weighted by Gasteiger charge is -2.26. The Kier molecular flexibility index (Phi) is 22.3. The number of unbranched alkanes of at least 4 members (excludes halogenated alkanes) is 15. The Morgan fingerprint density at radius 3 is 2.21 bits per heavy atom. The molecule has 0 spiro atoms. The average Bonchev–Trinajstić information content (AvgIpc) is 3.81. The monoisotopic (exact) mass is 832 g/mol. The number of aromatic amines is 1. The molecule has 0 bridgehead atoms. The lowest BCUT2D eigenvalue weighted by molar-refractivity contribution is -0.0788. The number of nitrogens with two attached hydrogens (primary N) is 1. The molecule has 0 radical (unpaired) electrons. The smallest absolute Gasteiger partial charge is 0.387 e. The van der Waals surface area contributed by atoms with Gasteiger partial charge < -0.3 is 40.0 Å². The summed E-state index contributed by atoms with van der Waals surface area (Å²) in [6.07, 6.45) is 14.8. The van der Waals surface area contributed by atoms with E-state index in [1.54, 1.807) is 12.1 Å². The molecule has 1 aliphatic heterocycles. The predicted octanol–water partition coefficient (Wildman–Crippen LogP) is 7.39. The van der Waals surface area contributed by atoms with Crippen LogP contribution in [0.5, 0.6) is 0 Å². The van der Waals surface area contributed by atoms with E-state index in [2.05, 4.69) is 16.9 Å². The summed E-state index contributed by atoms with van der Waals surface area (Å²) in [6, 6.07) is 10.8. The van der Waals surface area contributed by atoms with Crippen LogP contribution in [-0.4, -0.2) is 82.6 Å². The minimum absolute atomic E-state index is 0.0312. The van der Waals surface area contributed by atoms with Gasteiger partial charge >= 0.3 is 7.82 Å². The number of H-pyrrole nitrogens is 1. The molecule has 0 aliphatic carbocycles. The maximum atomic E-state index is 14.7. The highest BCUT2D eigenvalue weighted by molar-refractivity contribution is 7.47. The summed E-state index contributed by atoms with van der Waals surface area (Å²) in [4.78, 5) is 17.1. The molecule has 1 aliphatic rings. The first-order valence-electron chi connectivity index (χ1n) is 20.5. The first-order valence-corrected chi connectivity index (χ1v) is 22.0. The number of aliphatic imine (C=N–C) groups is 1. The molecular weight excluding hydrogens is 770 g/mol. The van der Waals surface area contributed by atoms with Crippen LogP contribution in [0.3, 0.4) is 0 Å². The molecule has 1 aromatic heterocycles. The van der Waals surface area contributed by atoms with Crippen molar-refractivity contribution in [2.24, 2.45) is 10.7 Å². The minimum Gasteiger partial charge on any atom is -0.387 e. The molecule has 17 heteroatoms. The van der Waals surface area contributed by atoms with Crippen LogP contribution in [-0.2, 0) is 34.4 Å². The van der Waals surface area contributed by atoms with Gasteiger partial charge in [-0.25, -0.2) is 13.9 Å². The number of hydrogen-bond acceptors (Lipinski definition) is 11. The number of aliphatic hydroxyl groups is 2. The minimum atomic E-state index is -4.94. The fourth-order valence-electron chi connectivity index (χ4n) is 6.65. The Morgan fingerprint density at radius 2 is 1.62 bits per heavy atom. The van der Waals surface area contributed by atoms with E-state index in [-0.39, 0.29) is 41.6 Å². The number of halogens is 1. The van der Waals surface area contributed by atoms with Crippen LogP contribution in [0.4, 0.5) is 4.39 Å². The van der Waals surface area contributed by atoms with Gasteiger partial charge in [0.1, 0.15) is 61.2 Å². The van der Waals surface area contributed by atoms with Crippen molar-refractivity contribution in [1.29, 1.82) is 15.9 Å². The van der Waals surface area contributed by atoms with Crippen molar-refractivity contribution in [3.05, 3.63) is 58.7 Å². The largest absolute Gasteiger partial charge is 0.472 e. The molecule has 58 heavy (non-hydrogen) atoms. The molecule has 1 saturated heterocycles. The molecule has 2 aromatic rings. The Balaban J connectivity index is 1.45. The molecule has 1 fully saturated rings. The second-order valence-corrected chi connectivity index (χ2v) is 16.1. The number of phosphoric ester groups is 1. The Morgan fingerprint density at radius 1 is 1.00 bits per heavy atom. The van der Waals surface area contributed by atoms with Gasteiger partial charge in [0.05, 0.1) is 31.1 Å². The van der Waals surface area contributed by atoms with E-state index in [1.807, 2.05) is 0 Å². The fourth-order valence-corrected chi connectivity index (χ4v) is 7.44. The van der Waals surface area contributed by atoms with E-state index in [4.69, 9.17) is 34.4 Å². The number of aromatic nitrogens is 1. The summed E-state index contributed by atoms with van der Waals surface area (Å²) in [5, 5.41) is 47.8. The van der Waals surface area contributed by atoms with Gasteiger partial charge in [0, 0.05) is 17.9 Å². The van der Waals surface area contributed by atoms with Crippen LogP contribution in [0.15, 0.2) is 35.3 Å². The average molecular weight is 833 g/mol. The van der Waals surface area contributed by atoms with Gasteiger partial charge in [-0.15, -0.1) is 0 Å². The Bertz CT molecular complexity index is 1680. The van der Waals surface area contributed by atoms with Crippen molar-refractivity contribution in [3.8, 4) is 12.1 Å². The van der Waals surface area contributed by atoms with E-state index in [0.29, 0.717) is 6.61 Å². The van der Waals surface area contributed by atoms with Gasteiger partial charge in [-0.3, -0.25) is 14.5 Å². The molecular formula is C41H62FN6O9P. The summed E-state index contributed by atoms with van der Waals surface area (Å²) in [5.41, 5.74) is 3.95. The van der Waals surface area contributed by atoms with E-state index in [1.165, 1.54) is 107 Å². The third kappa shape index (κ3) is 16.3. The van der Waals surface area contributed by atoms with Crippen molar-refractivity contribution < 1.29 is 47.3 Å². The molecule has 7 N–H and O–H groups in total. The maximum absolute atomic E-state index is 14.7. The number of rotatable bonds is 31. The second-order valence-electron chi connectivity index (χ2n) is 14.7. The first-order chi connectivity index (χ1) is 28.0. The number of aliphatic hydroxyl groups excluding tert-OH is 2. The van der Waals surface area contributed by atoms with Crippen molar-refractivity contribution in [3.63, 3.8) is 0 Å². The van der Waals surface area contributed by atoms with Crippen molar-refractivity contribution in [2.45, 2.75) is 146 Å². The summed E-state index contributed by atoms with van der Waals surface area (Å²) < 4.78 is 55.4. The van der Waals surface area contributed by atoms with E-state index in [9.17, 15) is 34.6 Å². The van der Waals surface area contributed by atoms with E-state index in [0.717, 1.165) is 32.0 Å². The quantitative estimate of drug-likeness (QED) is 0.0188. The number of ether oxygens (including phenoxy) is 3. The SMILES string of the molecule is CCCCCCCCCCCCCCCCCCOC[C@H](COP(=O)(O)OC[C@@]1(C#N)O[C@@H](c2ccc(/C(N)=N\C=N)[nH]2)[C@H](O)[C@@H]1O)OCc1cccc(C#N)c1F. The van der Waals surface area contributed by atoms with Gasteiger partial charge in [-0.05, 0) is 24.6 Å². The molecule has 1 aromatic carbocycles. The standard InChI is InChI=1S/C41H62FN6O9P/c1-2-3-4-5-6-7-8-9-10-11-12-13-14-15-16-17-23-53-26-33(54-25-32-20-18-19-31(24-43)36(32)42)27-55-58(51,52)56-29-41(28-44)39(50)37(49)38(57-41)34-21-22-35(48-34)40(46)47-30-45/h18-22,30,33,37-39,48-50H,2-17,23,25-27,29H2,1H3,(H,51,52)(H3,45,46,47)/t33-,37+,38+,39+,41-/m1/s1. The maximum Gasteiger partial charge on any atom is 0.472 e. The molecule has 1 unspecified atom stereocenters. The van der Waals surface area contributed by atoms with Crippen molar-refractivity contribution in [2.75, 3.05) is 26.4 Å². The zero-order valence-corrected chi connectivity index (χ0v) is 34.6. The Labute approximate surface area is 341 Å². The van der Waals surface area contributed by atoms with Crippen LogP contribution < -0.4 is 5.73 Å². The summed E-state index contributed by atoms with van der Waals surface area (Å²) in [5.74, 6) is -0.776. The highest BCUT2D eigenvalue weighted by Gasteiger charge is 2.56. The van der Waals surface area contributed by atoms with Gasteiger partial charge in [0.2, 0.25) is 5.60 Å². The molecule has 3 rings (SSSR count). The summed E-state index contributed by atoms with van der Waals surface area (Å²) in [6.45, 7) is 0.788. The number of nitriles is 2. The summed E-state index contributed by atoms with van der Waals surface area (Å²) in [7, 11) is -4.94. The number of amidine groups is 1. The van der Waals surface area contributed by atoms with Gasteiger partial charge in [0.25, 0.3) is 0 Å². The van der Waals surface area contributed by atoms with Gasteiger partial charge in [0.15, 0.2) is 0 Å². The number of phosphoric acid groups is 1.